The van der Waals surface area contributed by atoms with Gasteiger partial charge in [0.15, 0.2) is 0 Å². The van der Waals surface area contributed by atoms with E-state index in [0.717, 1.165) is 18.2 Å². The number of amides is 3. The summed E-state index contributed by atoms with van der Waals surface area (Å²) in [5.74, 6) is -3.41. The predicted octanol–water partition coefficient (Wildman–Crippen LogP) is -1.59. The van der Waals surface area contributed by atoms with Crippen LogP contribution < -0.4 is 5.73 Å². The highest BCUT2D eigenvalue weighted by atomic mass is 16.7. The van der Waals surface area contributed by atoms with Gasteiger partial charge in [0.2, 0.25) is 5.91 Å². The molecule has 15 heavy (non-hydrogen) atoms. The van der Waals surface area contributed by atoms with E-state index in [1.165, 1.54) is 0 Å². The van der Waals surface area contributed by atoms with Gasteiger partial charge in [-0.05, 0) is 0 Å². The van der Waals surface area contributed by atoms with E-state index in [1.54, 1.807) is 0 Å². The second kappa shape index (κ2) is 4.18. The Balaban J connectivity index is 2.56. The molecule has 7 heteroatoms. The molecule has 3 amide bonds. The van der Waals surface area contributed by atoms with E-state index in [9.17, 15) is 19.2 Å². The number of nitrogens with two attached hydrogens (primary N) is 1. The second-order valence-electron chi connectivity index (χ2n) is 2.45. The van der Waals surface area contributed by atoms with Crippen LogP contribution in [-0.4, -0.2) is 28.8 Å². The van der Waals surface area contributed by atoms with Crippen molar-refractivity contribution in [2.45, 2.75) is 0 Å². The van der Waals surface area contributed by atoms with Crippen molar-refractivity contribution in [3.05, 3.63) is 24.3 Å². The quantitative estimate of drug-likeness (QED) is 0.446. The van der Waals surface area contributed by atoms with Gasteiger partial charge in [0, 0.05) is 24.3 Å². The predicted molar refractivity (Wildman–Crippen MR) is 45.4 cm³/mol. The van der Waals surface area contributed by atoms with Gasteiger partial charge < -0.3 is 10.6 Å². The Kier molecular flexibility index (Phi) is 2.97. The average molecular weight is 210 g/mol. The largest absolute Gasteiger partial charge is 0.366 e. The van der Waals surface area contributed by atoms with Gasteiger partial charge in [-0.3, -0.25) is 14.4 Å². The van der Waals surface area contributed by atoms with Gasteiger partial charge >= 0.3 is 5.97 Å². The van der Waals surface area contributed by atoms with Crippen LogP contribution in [0.3, 0.4) is 0 Å². The highest BCUT2D eigenvalue weighted by Crippen LogP contribution is 2.04. The first-order valence-corrected chi connectivity index (χ1v) is 3.76. The van der Waals surface area contributed by atoms with Gasteiger partial charge in [-0.1, -0.05) is 5.06 Å². The Bertz CT molecular complexity index is 378. The van der Waals surface area contributed by atoms with Crippen LogP contribution >= 0.6 is 0 Å². The van der Waals surface area contributed by atoms with Crippen molar-refractivity contribution in [2.24, 2.45) is 5.73 Å². The van der Waals surface area contributed by atoms with Gasteiger partial charge in [-0.25, -0.2) is 4.79 Å². The fraction of sp³-hybridized carbons (Fsp3) is 0. The Labute approximate surface area is 83.7 Å². The Morgan fingerprint density at radius 1 is 1.20 bits per heavy atom. The summed E-state index contributed by atoms with van der Waals surface area (Å²) in [5, 5.41) is 0.271. The van der Waals surface area contributed by atoms with Gasteiger partial charge in [0.05, 0.1) is 0 Å². The van der Waals surface area contributed by atoms with E-state index >= 15 is 0 Å². The van der Waals surface area contributed by atoms with Gasteiger partial charge in [-0.2, -0.15) is 0 Å². The van der Waals surface area contributed by atoms with Crippen molar-refractivity contribution in [3.8, 4) is 0 Å². The molecule has 78 valence electrons. The zero-order chi connectivity index (χ0) is 11.4. The molecule has 0 unspecified atom stereocenters. The highest BCUT2D eigenvalue weighted by molar-refractivity contribution is 6.12. The first kappa shape index (κ1) is 10.6. The molecule has 1 aliphatic rings. The molecule has 0 fully saturated rings. The van der Waals surface area contributed by atoms with Crippen LogP contribution in [0.4, 0.5) is 0 Å². The second-order valence-corrected chi connectivity index (χ2v) is 2.45. The molecule has 0 spiro atoms. The van der Waals surface area contributed by atoms with Crippen LogP contribution in [0, 0.1) is 0 Å². The third-order valence-electron chi connectivity index (χ3n) is 1.33. The summed E-state index contributed by atoms with van der Waals surface area (Å²) in [5.41, 5.74) is 4.71. The Morgan fingerprint density at radius 3 is 2.20 bits per heavy atom. The minimum atomic E-state index is -1.04. The standard InChI is InChI=1S/C8H6N2O5/c9-5(11)1-4-8(14)15-10-6(12)2-3-7(10)13/h1-4H,(H2,9,11)/b4-1-. The summed E-state index contributed by atoms with van der Waals surface area (Å²) in [6.07, 6.45) is 3.36. The lowest BCUT2D eigenvalue weighted by molar-refractivity contribution is -0.192. The monoisotopic (exact) mass is 210 g/mol. The topological polar surface area (TPSA) is 107 Å². The van der Waals surface area contributed by atoms with Gasteiger partial charge in [0.1, 0.15) is 0 Å². The number of hydrogen-bond acceptors (Lipinski definition) is 5. The van der Waals surface area contributed by atoms with E-state index in [4.69, 9.17) is 5.73 Å². The molecule has 0 atom stereocenters. The zero-order valence-corrected chi connectivity index (χ0v) is 7.38. The maximum Gasteiger partial charge on any atom is 0.357 e. The molecule has 0 bridgehead atoms. The minimum Gasteiger partial charge on any atom is -0.366 e. The highest BCUT2D eigenvalue weighted by Gasteiger charge is 2.27. The van der Waals surface area contributed by atoms with Gasteiger partial charge in [-0.15, -0.1) is 0 Å². The molecule has 1 heterocycles. The molecule has 7 nitrogen and oxygen atoms in total. The summed E-state index contributed by atoms with van der Waals surface area (Å²) in [6, 6.07) is 0. The van der Waals surface area contributed by atoms with E-state index in [2.05, 4.69) is 4.84 Å². The number of rotatable bonds is 3. The van der Waals surface area contributed by atoms with Crippen molar-refractivity contribution in [3.63, 3.8) is 0 Å². The molecule has 1 aliphatic heterocycles. The number of imide groups is 1. The lowest BCUT2D eigenvalue weighted by Crippen LogP contribution is -2.32. The molecule has 1 rings (SSSR count). The van der Waals surface area contributed by atoms with Crippen molar-refractivity contribution in [1.82, 2.24) is 5.06 Å². The summed E-state index contributed by atoms with van der Waals surface area (Å²) in [4.78, 5) is 47.2. The van der Waals surface area contributed by atoms with Crippen LogP contribution in [0.25, 0.3) is 0 Å². The number of hydrogen-bond donors (Lipinski definition) is 1. The summed E-state index contributed by atoms with van der Waals surface area (Å²) < 4.78 is 0. The lowest BCUT2D eigenvalue weighted by Gasteiger charge is -2.10. The maximum atomic E-state index is 10.9. The van der Waals surface area contributed by atoms with Crippen LogP contribution in [0.1, 0.15) is 0 Å². The molecular formula is C8H6N2O5. The van der Waals surface area contributed by atoms with Crippen LogP contribution in [-0.2, 0) is 24.0 Å². The van der Waals surface area contributed by atoms with E-state index in [0.29, 0.717) is 6.08 Å². The van der Waals surface area contributed by atoms with Gasteiger partial charge in [0.25, 0.3) is 11.8 Å². The third-order valence-corrected chi connectivity index (χ3v) is 1.33. The molecule has 0 saturated carbocycles. The summed E-state index contributed by atoms with van der Waals surface area (Å²) >= 11 is 0. The first-order valence-electron chi connectivity index (χ1n) is 3.76. The Morgan fingerprint density at radius 2 is 1.73 bits per heavy atom. The van der Waals surface area contributed by atoms with Crippen molar-refractivity contribution in [1.29, 1.82) is 0 Å². The van der Waals surface area contributed by atoms with Crippen LogP contribution in [0.2, 0.25) is 0 Å². The molecule has 0 aromatic rings. The summed E-state index contributed by atoms with van der Waals surface area (Å²) in [6.45, 7) is 0. The average Bonchev–Trinajstić information content (AvgIpc) is 2.46. The molecule has 0 aliphatic carbocycles. The maximum absolute atomic E-state index is 10.9. The van der Waals surface area contributed by atoms with E-state index in [1.807, 2.05) is 0 Å². The fourth-order valence-corrected chi connectivity index (χ4v) is 0.747. The van der Waals surface area contributed by atoms with E-state index < -0.39 is 23.7 Å². The third kappa shape index (κ3) is 2.76. The van der Waals surface area contributed by atoms with Crippen molar-refractivity contribution >= 4 is 23.7 Å². The first-order chi connectivity index (χ1) is 7.00. The zero-order valence-electron chi connectivity index (χ0n) is 7.38. The molecule has 0 aromatic carbocycles. The molecule has 0 radical (unpaired) electrons. The molecule has 0 aromatic heterocycles. The fourth-order valence-electron chi connectivity index (χ4n) is 0.747. The number of primary amides is 1. The van der Waals surface area contributed by atoms with E-state index in [-0.39, 0.29) is 5.06 Å². The molecule has 2 N–H and O–H groups in total. The van der Waals surface area contributed by atoms with Crippen LogP contribution in [0.5, 0.6) is 0 Å². The minimum absolute atomic E-state index is 0.271. The SMILES string of the molecule is NC(=O)/C=C\C(=O)ON1C(=O)C=CC1=O. The number of carbonyl (C=O) groups is 4. The number of nitrogens with zero attached hydrogens (tertiary/aromatic N) is 1. The normalized spacial score (nSPS) is 15.1. The lowest BCUT2D eigenvalue weighted by atomic mass is 10.5. The van der Waals surface area contributed by atoms with Crippen molar-refractivity contribution in [2.75, 3.05) is 0 Å². The number of hydroxylamine groups is 2. The molecule has 0 saturated heterocycles. The molecular weight excluding hydrogens is 204 g/mol. The Hall–Kier alpha value is -2.44. The van der Waals surface area contributed by atoms with Crippen molar-refractivity contribution < 1.29 is 24.0 Å². The smallest absolute Gasteiger partial charge is 0.357 e. The van der Waals surface area contributed by atoms with Crippen LogP contribution in [0.15, 0.2) is 24.3 Å². The number of carbonyl (C=O) groups excluding carboxylic acids is 4. The summed E-state index contributed by atoms with van der Waals surface area (Å²) in [7, 11) is 0.